The maximum absolute atomic E-state index is 12.0. The van der Waals surface area contributed by atoms with E-state index in [2.05, 4.69) is 10.6 Å². The molecule has 0 heterocycles. The summed E-state index contributed by atoms with van der Waals surface area (Å²) in [5.74, 6) is 0.649. The SMILES string of the molecule is CCOc1ccc(NC(=O)CN[C@H](C)c2ccc(Cl)cc2Cl)cc1. The first-order valence-corrected chi connectivity index (χ1v) is 8.46. The van der Waals surface area contributed by atoms with Gasteiger partial charge in [-0.2, -0.15) is 0 Å². The number of ether oxygens (including phenoxy) is 1. The highest BCUT2D eigenvalue weighted by atomic mass is 35.5. The minimum atomic E-state index is -0.129. The molecule has 1 amide bonds. The van der Waals surface area contributed by atoms with Crippen LogP contribution in [0.25, 0.3) is 0 Å². The molecule has 2 rings (SSSR count). The largest absolute Gasteiger partial charge is 0.494 e. The number of anilines is 1. The van der Waals surface area contributed by atoms with Crippen LogP contribution >= 0.6 is 23.2 Å². The third kappa shape index (κ3) is 5.41. The van der Waals surface area contributed by atoms with Crippen molar-refractivity contribution in [2.75, 3.05) is 18.5 Å². The fraction of sp³-hybridized carbons (Fsp3) is 0.278. The van der Waals surface area contributed by atoms with Crippen LogP contribution < -0.4 is 15.4 Å². The first kappa shape index (κ1) is 18.6. The van der Waals surface area contributed by atoms with E-state index in [0.717, 1.165) is 17.0 Å². The predicted octanol–water partition coefficient (Wildman–Crippen LogP) is 4.68. The highest BCUT2D eigenvalue weighted by Crippen LogP contribution is 2.26. The molecule has 2 aromatic rings. The van der Waals surface area contributed by atoms with E-state index in [1.165, 1.54) is 0 Å². The highest BCUT2D eigenvalue weighted by Gasteiger charge is 2.11. The average molecular weight is 367 g/mol. The molecule has 0 unspecified atom stereocenters. The van der Waals surface area contributed by atoms with E-state index in [9.17, 15) is 4.79 Å². The Morgan fingerprint density at radius 1 is 1.17 bits per heavy atom. The summed E-state index contributed by atoms with van der Waals surface area (Å²) in [5, 5.41) is 7.14. The second-order valence-corrected chi connectivity index (χ2v) is 6.12. The zero-order chi connectivity index (χ0) is 17.5. The van der Waals surface area contributed by atoms with E-state index < -0.39 is 0 Å². The first-order valence-electron chi connectivity index (χ1n) is 7.70. The minimum Gasteiger partial charge on any atom is -0.494 e. The molecular weight excluding hydrogens is 347 g/mol. The fourth-order valence-electron chi connectivity index (χ4n) is 2.21. The molecule has 2 aromatic carbocycles. The molecule has 0 bridgehead atoms. The summed E-state index contributed by atoms with van der Waals surface area (Å²) in [6, 6.07) is 12.5. The summed E-state index contributed by atoms with van der Waals surface area (Å²) in [5.41, 5.74) is 1.62. The number of benzene rings is 2. The Labute approximate surface area is 152 Å². The van der Waals surface area contributed by atoms with Gasteiger partial charge in [-0.05, 0) is 55.8 Å². The summed E-state index contributed by atoms with van der Waals surface area (Å²) in [6.45, 7) is 4.66. The van der Waals surface area contributed by atoms with E-state index in [1.807, 2.05) is 44.2 Å². The summed E-state index contributed by atoms with van der Waals surface area (Å²) >= 11 is 12.1. The Morgan fingerprint density at radius 2 is 1.88 bits per heavy atom. The number of nitrogens with one attached hydrogen (secondary N) is 2. The van der Waals surface area contributed by atoms with Crippen LogP contribution in [0.4, 0.5) is 5.69 Å². The van der Waals surface area contributed by atoms with Crippen molar-refractivity contribution in [3.63, 3.8) is 0 Å². The standard InChI is InChI=1S/C18H20Cl2N2O2/c1-3-24-15-7-5-14(6-8-15)22-18(23)11-21-12(2)16-9-4-13(19)10-17(16)20/h4-10,12,21H,3,11H2,1-2H3,(H,22,23)/t12-/m1/s1. The van der Waals surface area contributed by atoms with E-state index in [4.69, 9.17) is 27.9 Å². The highest BCUT2D eigenvalue weighted by molar-refractivity contribution is 6.35. The second kappa shape index (κ2) is 8.92. The van der Waals surface area contributed by atoms with Crippen LogP contribution in [0.2, 0.25) is 10.0 Å². The van der Waals surface area contributed by atoms with Gasteiger partial charge in [0.2, 0.25) is 5.91 Å². The Morgan fingerprint density at radius 3 is 2.50 bits per heavy atom. The molecule has 0 aromatic heterocycles. The second-order valence-electron chi connectivity index (χ2n) is 5.27. The molecule has 2 N–H and O–H groups in total. The molecule has 1 atom stereocenters. The fourth-order valence-corrected chi connectivity index (χ4v) is 2.79. The quantitative estimate of drug-likeness (QED) is 0.747. The number of rotatable bonds is 7. The molecule has 0 fully saturated rings. The van der Waals surface area contributed by atoms with Gasteiger partial charge in [0.1, 0.15) is 5.75 Å². The van der Waals surface area contributed by atoms with Gasteiger partial charge < -0.3 is 15.4 Å². The molecule has 0 aliphatic rings. The summed E-state index contributed by atoms with van der Waals surface area (Å²) in [6.07, 6.45) is 0. The number of hydrogen-bond acceptors (Lipinski definition) is 3. The smallest absolute Gasteiger partial charge is 0.238 e. The molecule has 0 aliphatic heterocycles. The van der Waals surface area contributed by atoms with Crippen molar-refractivity contribution in [1.29, 1.82) is 0 Å². The summed E-state index contributed by atoms with van der Waals surface area (Å²) in [7, 11) is 0. The normalized spacial score (nSPS) is 11.8. The Hall–Kier alpha value is -1.75. The van der Waals surface area contributed by atoms with Crippen molar-refractivity contribution in [3.8, 4) is 5.75 Å². The molecule has 6 heteroatoms. The number of halogens is 2. The van der Waals surface area contributed by atoms with Crippen molar-refractivity contribution in [1.82, 2.24) is 5.32 Å². The van der Waals surface area contributed by atoms with Crippen molar-refractivity contribution in [2.45, 2.75) is 19.9 Å². The molecule has 0 saturated heterocycles. The minimum absolute atomic E-state index is 0.0687. The van der Waals surface area contributed by atoms with Crippen molar-refractivity contribution >= 4 is 34.8 Å². The molecular formula is C18H20Cl2N2O2. The van der Waals surface area contributed by atoms with Crippen LogP contribution in [0.1, 0.15) is 25.5 Å². The topological polar surface area (TPSA) is 50.4 Å². The van der Waals surface area contributed by atoms with Crippen molar-refractivity contribution < 1.29 is 9.53 Å². The lowest BCUT2D eigenvalue weighted by molar-refractivity contribution is -0.115. The zero-order valence-electron chi connectivity index (χ0n) is 13.6. The van der Waals surface area contributed by atoms with Gasteiger partial charge in [-0.15, -0.1) is 0 Å². The Kier molecular flexibility index (Phi) is 6.91. The molecule has 0 aliphatic carbocycles. The summed E-state index contributed by atoms with van der Waals surface area (Å²) < 4.78 is 5.37. The van der Waals surface area contributed by atoms with Gasteiger partial charge in [0.15, 0.2) is 0 Å². The van der Waals surface area contributed by atoms with E-state index >= 15 is 0 Å². The third-order valence-corrected chi connectivity index (χ3v) is 4.01. The Bertz CT molecular complexity index is 690. The number of carbonyl (C=O) groups excluding carboxylic acids is 1. The van der Waals surface area contributed by atoms with Crippen molar-refractivity contribution in [3.05, 3.63) is 58.1 Å². The predicted molar refractivity (Wildman–Crippen MR) is 99.1 cm³/mol. The van der Waals surface area contributed by atoms with Gasteiger partial charge in [0, 0.05) is 21.8 Å². The van der Waals surface area contributed by atoms with Gasteiger partial charge in [-0.3, -0.25) is 4.79 Å². The van der Waals surface area contributed by atoms with Gasteiger partial charge in [-0.1, -0.05) is 29.3 Å². The zero-order valence-corrected chi connectivity index (χ0v) is 15.1. The molecule has 0 radical (unpaired) electrons. The molecule has 24 heavy (non-hydrogen) atoms. The van der Waals surface area contributed by atoms with Crippen LogP contribution in [0.15, 0.2) is 42.5 Å². The number of hydrogen-bond donors (Lipinski definition) is 2. The van der Waals surface area contributed by atoms with Crippen molar-refractivity contribution in [2.24, 2.45) is 0 Å². The molecule has 4 nitrogen and oxygen atoms in total. The Balaban J connectivity index is 1.86. The van der Waals surface area contributed by atoms with Crippen LogP contribution in [-0.2, 0) is 4.79 Å². The average Bonchev–Trinajstić information content (AvgIpc) is 2.55. The van der Waals surface area contributed by atoms with E-state index in [1.54, 1.807) is 12.1 Å². The van der Waals surface area contributed by atoms with Gasteiger partial charge in [-0.25, -0.2) is 0 Å². The van der Waals surface area contributed by atoms with Gasteiger partial charge >= 0.3 is 0 Å². The lowest BCUT2D eigenvalue weighted by atomic mass is 10.1. The summed E-state index contributed by atoms with van der Waals surface area (Å²) in [4.78, 5) is 12.0. The lowest BCUT2D eigenvalue weighted by Crippen LogP contribution is -2.30. The molecule has 0 spiro atoms. The van der Waals surface area contributed by atoms with E-state index in [-0.39, 0.29) is 18.5 Å². The maximum Gasteiger partial charge on any atom is 0.238 e. The maximum atomic E-state index is 12.0. The lowest BCUT2D eigenvalue weighted by Gasteiger charge is -2.16. The van der Waals surface area contributed by atoms with Gasteiger partial charge in [0.25, 0.3) is 0 Å². The van der Waals surface area contributed by atoms with Crippen LogP contribution in [-0.4, -0.2) is 19.1 Å². The number of amides is 1. The van der Waals surface area contributed by atoms with Gasteiger partial charge in [0.05, 0.1) is 13.2 Å². The monoisotopic (exact) mass is 366 g/mol. The van der Waals surface area contributed by atoms with E-state index in [0.29, 0.717) is 16.7 Å². The third-order valence-electron chi connectivity index (χ3n) is 3.45. The van der Waals surface area contributed by atoms with Crippen LogP contribution in [0.3, 0.4) is 0 Å². The molecule has 128 valence electrons. The van der Waals surface area contributed by atoms with Crippen LogP contribution in [0.5, 0.6) is 5.75 Å². The number of carbonyl (C=O) groups is 1. The van der Waals surface area contributed by atoms with Crippen LogP contribution in [0, 0.1) is 0 Å². The first-order chi connectivity index (χ1) is 11.5. The molecule has 0 saturated carbocycles.